The maximum atomic E-state index is 11.3. The summed E-state index contributed by atoms with van der Waals surface area (Å²) >= 11 is 0. The van der Waals surface area contributed by atoms with E-state index >= 15 is 0 Å². The van der Waals surface area contributed by atoms with E-state index in [1.54, 1.807) is 18.2 Å². The third kappa shape index (κ3) is 6.71. The van der Waals surface area contributed by atoms with Gasteiger partial charge in [-0.15, -0.1) is 0 Å². The standard InChI is InChI=1S/C20H26N2O4S/c1-3-13-26-19-10-7-17(14-20(19)25-4-2)15-22-12-11-16-5-8-18(9-6-16)27(21,23)24/h3,5-10,14,22H,1,4,11-13,15H2,2H3,(H2,21,23,24). The average Bonchev–Trinajstić information content (AvgIpc) is 2.64. The molecule has 0 heterocycles. The van der Waals surface area contributed by atoms with Crippen LogP contribution in [0.15, 0.2) is 60.0 Å². The second kappa shape index (κ2) is 10.1. The summed E-state index contributed by atoms with van der Waals surface area (Å²) in [6, 6.07) is 12.5. The lowest BCUT2D eigenvalue weighted by atomic mass is 10.1. The molecule has 0 aliphatic carbocycles. The number of ether oxygens (including phenoxy) is 2. The maximum Gasteiger partial charge on any atom is 0.238 e. The van der Waals surface area contributed by atoms with E-state index in [1.165, 1.54) is 12.1 Å². The molecule has 0 aromatic heterocycles. The van der Waals surface area contributed by atoms with Crippen LogP contribution >= 0.6 is 0 Å². The van der Waals surface area contributed by atoms with Gasteiger partial charge >= 0.3 is 0 Å². The lowest BCUT2D eigenvalue weighted by Crippen LogP contribution is -2.17. The first-order valence-electron chi connectivity index (χ1n) is 8.76. The summed E-state index contributed by atoms with van der Waals surface area (Å²) in [6.45, 7) is 8.03. The number of sulfonamides is 1. The highest BCUT2D eigenvalue weighted by atomic mass is 32.2. The highest BCUT2D eigenvalue weighted by molar-refractivity contribution is 7.89. The molecule has 0 amide bonds. The molecule has 2 aromatic carbocycles. The van der Waals surface area contributed by atoms with Crippen molar-refractivity contribution in [2.75, 3.05) is 19.8 Å². The molecule has 0 aliphatic rings. The molecular weight excluding hydrogens is 364 g/mol. The highest BCUT2D eigenvalue weighted by Crippen LogP contribution is 2.28. The Morgan fingerprint density at radius 1 is 1.07 bits per heavy atom. The van der Waals surface area contributed by atoms with Crippen molar-refractivity contribution < 1.29 is 17.9 Å². The minimum atomic E-state index is -3.64. The van der Waals surface area contributed by atoms with E-state index in [0.717, 1.165) is 29.8 Å². The Kier molecular flexibility index (Phi) is 7.84. The summed E-state index contributed by atoms with van der Waals surface area (Å²) in [5, 5.41) is 8.47. The van der Waals surface area contributed by atoms with Crippen molar-refractivity contribution in [3.8, 4) is 11.5 Å². The fraction of sp³-hybridized carbons (Fsp3) is 0.300. The highest BCUT2D eigenvalue weighted by Gasteiger charge is 2.07. The molecule has 27 heavy (non-hydrogen) atoms. The first kappa shape index (κ1) is 21.0. The summed E-state index contributed by atoms with van der Waals surface area (Å²) in [7, 11) is -3.64. The topological polar surface area (TPSA) is 90.6 Å². The van der Waals surface area contributed by atoms with Crippen LogP contribution in [0, 0.1) is 0 Å². The van der Waals surface area contributed by atoms with Crippen LogP contribution in [0.3, 0.4) is 0 Å². The molecule has 0 spiro atoms. The number of benzene rings is 2. The van der Waals surface area contributed by atoms with Gasteiger partial charge < -0.3 is 14.8 Å². The van der Waals surface area contributed by atoms with E-state index in [0.29, 0.717) is 25.5 Å². The van der Waals surface area contributed by atoms with Gasteiger partial charge in [-0.3, -0.25) is 0 Å². The fourth-order valence-corrected chi connectivity index (χ4v) is 3.03. The van der Waals surface area contributed by atoms with Gasteiger partial charge in [-0.25, -0.2) is 13.6 Å². The summed E-state index contributed by atoms with van der Waals surface area (Å²) in [6.07, 6.45) is 2.48. The summed E-state index contributed by atoms with van der Waals surface area (Å²) < 4.78 is 33.8. The van der Waals surface area contributed by atoms with E-state index in [2.05, 4.69) is 11.9 Å². The zero-order valence-corrected chi connectivity index (χ0v) is 16.3. The van der Waals surface area contributed by atoms with Gasteiger partial charge in [0.25, 0.3) is 0 Å². The third-order valence-corrected chi connectivity index (χ3v) is 4.77. The van der Waals surface area contributed by atoms with Gasteiger partial charge in [-0.2, -0.15) is 0 Å². The van der Waals surface area contributed by atoms with Crippen molar-refractivity contribution >= 4 is 10.0 Å². The lowest BCUT2D eigenvalue weighted by molar-refractivity contribution is 0.296. The van der Waals surface area contributed by atoms with Crippen molar-refractivity contribution in [3.63, 3.8) is 0 Å². The van der Waals surface area contributed by atoms with Crippen LogP contribution in [0.4, 0.5) is 0 Å². The largest absolute Gasteiger partial charge is 0.490 e. The van der Waals surface area contributed by atoms with Crippen LogP contribution < -0.4 is 19.9 Å². The van der Waals surface area contributed by atoms with Crippen molar-refractivity contribution in [3.05, 3.63) is 66.2 Å². The van der Waals surface area contributed by atoms with E-state index in [4.69, 9.17) is 14.6 Å². The molecule has 0 unspecified atom stereocenters. The Bertz CT molecular complexity index is 849. The number of nitrogens with two attached hydrogens (primary N) is 1. The van der Waals surface area contributed by atoms with Gasteiger partial charge in [0.15, 0.2) is 11.5 Å². The number of nitrogens with one attached hydrogen (secondary N) is 1. The average molecular weight is 391 g/mol. The Morgan fingerprint density at radius 2 is 1.78 bits per heavy atom. The van der Waals surface area contributed by atoms with Gasteiger partial charge in [0, 0.05) is 6.54 Å². The Balaban J connectivity index is 1.87. The normalized spacial score (nSPS) is 11.2. The van der Waals surface area contributed by atoms with Crippen LogP contribution in [-0.4, -0.2) is 28.2 Å². The molecule has 146 valence electrons. The maximum absolute atomic E-state index is 11.3. The molecule has 7 heteroatoms. The van der Waals surface area contributed by atoms with Crippen LogP contribution in [0.5, 0.6) is 11.5 Å². The fourth-order valence-electron chi connectivity index (χ4n) is 2.51. The lowest BCUT2D eigenvalue weighted by Gasteiger charge is -2.13. The Morgan fingerprint density at radius 3 is 2.41 bits per heavy atom. The minimum Gasteiger partial charge on any atom is -0.490 e. The predicted octanol–water partition coefficient (Wildman–Crippen LogP) is 2.63. The van der Waals surface area contributed by atoms with Crippen molar-refractivity contribution in [2.45, 2.75) is 24.8 Å². The van der Waals surface area contributed by atoms with Crippen molar-refractivity contribution in [1.29, 1.82) is 0 Å². The molecule has 0 fully saturated rings. The molecule has 0 aliphatic heterocycles. The van der Waals surface area contributed by atoms with Gasteiger partial charge in [0.2, 0.25) is 10.0 Å². The molecule has 0 atom stereocenters. The molecule has 2 rings (SSSR count). The summed E-state index contributed by atoms with van der Waals surface area (Å²) in [5.41, 5.74) is 2.13. The SMILES string of the molecule is C=CCOc1ccc(CNCCc2ccc(S(N)(=O)=O)cc2)cc1OCC. The van der Waals surface area contributed by atoms with Crippen LogP contribution in [0.2, 0.25) is 0 Å². The van der Waals surface area contributed by atoms with Crippen LogP contribution in [-0.2, 0) is 23.0 Å². The monoisotopic (exact) mass is 390 g/mol. The first-order valence-corrected chi connectivity index (χ1v) is 10.3. The molecule has 2 aromatic rings. The molecular formula is C20H26N2O4S. The molecule has 0 bridgehead atoms. The van der Waals surface area contributed by atoms with Gasteiger partial charge in [-0.05, 0) is 55.3 Å². The van der Waals surface area contributed by atoms with E-state index in [9.17, 15) is 8.42 Å². The second-order valence-electron chi connectivity index (χ2n) is 5.93. The van der Waals surface area contributed by atoms with Gasteiger partial charge in [0.05, 0.1) is 11.5 Å². The smallest absolute Gasteiger partial charge is 0.238 e. The predicted molar refractivity (Wildman–Crippen MR) is 107 cm³/mol. The summed E-state index contributed by atoms with van der Waals surface area (Å²) in [4.78, 5) is 0.126. The molecule has 0 radical (unpaired) electrons. The molecule has 6 nitrogen and oxygen atoms in total. The number of hydrogen-bond donors (Lipinski definition) is 2. The zero-order chi connectivity index (χ0) is 19.7. The van der Waals surface area contributed by atoms with Crippen LogP contribution in [0.1, 0.15) is 18.1 Å². The number of hydrogen-bond acceptors (Lipinski definition) is 5. The molecule has 3 N–H and O–H groups in total. The first-order chi connectivity index (χ1) is 12.9. The van der Waals surface area contributed by atoms with E-state index in [1.807, 2.05) is 25.1 Å². The molecule has 0 saturated heterocycles. The quantitative estimate of drug-likeness (QED) is 0.455. The van der Waals surface area contributed by atoms with Gasteiger partial charge in [-0.1, -0.05) is 30.9 Å². The molecule has 0 saturated carbocycles. The Hall–Kier alpha value is -2.35. The second-order valence-corrected chi connectivity index (χ2v) is 7.49. The Labute approximate surface area is 161 Å². The van der Waals surface area contributed by atoms with E-state index in [-0.39, 0.29) is 4.90 Å². The third-order valence-electron chi connectivity index (χ3n) is 3.84. The minimum absolute atomic E-state index is 0.126. The van der Waals surface area contributed by atoms with Crippen molar-refractivity contribution in [1.82, 2.24) is 5.32 Å². The number of rotatable bonds is 11. The van der Waals surface area contributed by atoms with Gasteiger partial charge in [0.1, 0.15) is 6.61 Å². The zero-order valence-electron chi connectivity index (χ0n) is 15.5. The van der Waals surface area contributed by atoms with E-state index < -0.39 is 10.0 Å². The number of primary sulfonamides is 1. The van der Waals surface area contributed by atoms with Crippen LogP contribution in [0.25, 0.3) is 0 Å². The van der Waals surface area contributed by atoms with Crippen molar-refractivity contribution in [2.24, 2.45) is 5.14 Å². The summed E-state index contributed by atoms with van der Waals surface area (Å²) in [5.74, 6) is 1.42.